The molecule has 34 heavy (non-hydrogen) atoms. The quantitative estimate of drug-likeness (QED) is 0.0622. The van der Waals surface area contributed by atoms with Gasteiger partial charge in [0.1, 0.15) is 24.2 Å². The first-order valence-electron chi connectivity index (χ1n) is 10.5. The number of anilines is 1. The molecule has 176 valence electrons. The summed E-state index contributed by atoms with van der Waals surface area (Å²) >= 11 is 17.9. The van der Waals surface area contributed by atoms with Crippen molar-refractivity contribution in [2.75, 3.05) is 11.9 Å². The number of ketones is 1. The number of nitrogens with one attached hydrogen (secondary N) is 1. The third-order valence-electron chi connectivity index (χ3n) is 5.25. The molecule has 1 amide bonds. The number of hydrogen-bond acceptors (Lipinski definition) is 6. The second-order valence-electron chi connectivity index (χ2n) is 7.51. The van der Waals surface area contributed by atoms with Gasteiger partial charge in [0.05, 0.1) is 21.5 Å². The van der Waals surface area contributed by atoms with Crippen molar-refractivity contribution in [1.29, 1.82) is 0 Å². The van der Waals surface area contributed by atoms with Crippen LogP contribution in [0.2, 0.25) is 10.0 Å². The van der Waals surface area contributed by atoms with E-state index in [0.29, 0.717) is 42.9 Å². The highest BCUT2D eigenvalue weighted by molar-refractivity contribution is 7.74. The Kier molecular flexibility index (Phi) is 8.15. The topological polar surface area (TPSA) is 67.6 Å². The molecular weight excluding hydrogens is 515 g/mol. The van der Waals surface area contributed by atoms with Crippen molar-refractivity contribution in [3.63, 3.8) is 0 Å². The Morgan fingerprint density at radius 1 is 1.21 bits per heavy atom. The summed E-state index contributed by atoms with van der Waals surface area (Å²) in [4.78, 5) is 25.1. The Hall–Kier alpha value is -2.52. The van der Waals surface area contributed by atoms with E-state index in [4.69, 9.17) is 32.2 Å². The van der Waals surface area contributed by atoms with Crippen molar-refractivity contribution < 1.29 is 23.3 Å². The van der Waals surface area contributed by atoms with Crippen LogP contribution in [0, 0.1) is 0 Å². The third kappa shape index (κ3) is 5.58. The molecule has 0 aliphatic carbocycles. The lowest BCUT2D eigenvalue weighted by Gasteiger charge is -2.17. The van der Waals surface area contributed by atoms with Gasteiger partial charge in [0.2, 0.25) is 17.9 Å². The average Bonchev–Trinajstić information content (AvgIpc) is 3.38. The molecule has 0 atom stereocenters. The summed E-state index contributed by atoms with van der Waals surface area (Å²) in [5, 5.41) is 5.12. The lowest BCUT2D eigenvalue weighted by molar-refractivity contribution is -0.672. The highest BCUT2D eigenvalue weighted by Crippen LogP contribution is 2.35. The number of amides is 1. The summed E-state index contributed by atoms with van der Waals surface area (Å²) in [6, 6.07) is 12.5. The molecule has 1 N–H and O–H groups in total. The summed E-state index contributed by atoms with van der Waals surface area (Å²) in [5.74, 6) is 0.550. The number of thiol groups is 1. The number of rotatable bonds is 9. The molecule has 0 fully saturated rings. The van der Waals surface area contributed by atoms with Gasteiger partial charge in [0.15, 0.2) is 0 Å². The van der Waals surface area contributed by atoms with E-state index < -0.39 is 0 Å². The van der Waals surface area contributed by atoms with Crippen molar-refractivity contribution >= 4 is 76.7 Å². The summed E-state index contributed by atoms with van der Waals surface area (Å²) < 4.78 is 12.5. The van der Waals surface area contributed by atoms with Gasteiger partial charge in [0.25, 0.3) is 5.69 Å². The molecule has 1 aliphatic rings. The molecule has 0 saturated heterocycles. The molecule has 1 aliphatic heterocycles. The zero-order chi connectivity index (χ0) is 24.1. The third-order valence-corrected chi connectivity index (χ3v) is 7.10. The number of hydrogen-bond donors (Lipinski definition) is 2. The highest BCUT2D eigenvalue weighted by Gasteiger charge is 2.28. The van der Waals surface area contributed by atoms with E-state index in [-0.39, 0.29) is 27.3 Å². The Morgan fingerprint density at radius 3 is 2.82 bits per heavy atom. The molecule has 0 radical (unpaired) electrons. The van der Waals surface area contributed by atoms with E-state index in [1.165, 1.54) is 16.1 Å². The maximum atomic E-state index is 13.1. The SMILES string of the molecule is O=C1CCc2cc(OCCCC=[N+](OS)c3ccc(Cl)c(Cl)c3C(=O)c3cccs3)ccc2N1. The predicted octanol–water partition coefficient (Wildman–Crippen LogP) is 6.52. The van der Waals surface area contributed by atoms with Crippen molar-refractivity contribution in [2.24, 2.45) is 0 Å². The van der Waals surface area contributed by atoms with Crippen LogP contribution in [0.3, 0.4) is 0 Å². The average molecular weight is 536 g/mol. The fraction of sp³-hybridized carbons (Fsp3) is 0.208. The first kappa shape index (κ1) is 24.6. The molecule has 0 unspecified atom stereocenters. The molecule has 1 aromatic heterocycles. The minimum Gasteiger partial charge on any atom is -0.494 e. The van der Waals surface area contributed by atoms with Gasteiger partial charge in [-0.15, -0.1) is 11.3 Å². The number of halogens is 2. The van der Waals surface area contributed by atoms with Gasteiger partial charge in [-0.05, 0) is 54.1 Å². The van der Waals surface area contributed by atoms with Crippen LogP contribution in [0.4, 0.5) is 11.4 Å². The number of ether oxygens (including phenoxy) is 1. The maximum Gasteiger partial charge on any atom is 0.271 e. The highest BCUT2D eigenvalue weighted by atomic mass is 35.5. The molecule has 0 spiro atoms. The molecule has 0 bridgehead atoms. The molecule has 10 heteroatoms. The van der Waals surface area contributed by atoms with Crippen molar-refractivity contribution in [2.45, 2.75) is 25.7 Å². The fourth-order valence-corrected chi connectivity index (χ4v) is 4.81. The molecule has 6 nitrogen and oxygen atoms in total. The van der Waals surface area contributed by atoms with Gasteiger partial charge in [-0.1, -0.05) is 29.3 Å². The van der Waals surface area contributed by atoms with Gasteiger partial charge in [0, 0.05) is 29.3 Å². The van der Waals surface area contributed by atoms with Crippen LogP contribution in [0.1, 0.15) is 40.1 Å². The Bertz CT molecular complexity index is 1250. The van der Waals surface area contributed by atoms with Crippen molar-refractivity contribution in [1.82, 2.24) is 0 Å². The minimum atomic E-state index is -0.242. The number of thiophene rings is 1. The largest absolute Gasteiger partial charge is 0.494 e. The first-order valence-corrected chi connectivity index (χ1v) is 12.5. The van der Waals surface area contributed by atoms with Crippen LogP contribution in [0.5, 0.6) is 5.75 Å². The van der Waals surface area contributed by atoms with E-state index >= 15 is 0 Å². The molecular formula is C24H21Cl2N2O4S2+. The standard InChI is InChI=1S/C24H20Cl2N2O4S2/c25-17-7-9-19(22(23(17)26)24(30)20-4-3-13-34-20)28(32-33)11-1-2-12-31-16-6-8-18-15(14-16)5-10-21(29)27-18/h3-4,6-9,11,13-14H,1-2,5,10,12H2,(H-,27,29,33)/p+1. The summed E-state index contributed by atoms with van der Waals surface area (Å²) in [6.45, 7) is 0.477. The van der Waals surface area contributed by atoms with Crippen LogP contribution < -0.4 is 10.1 Å². The number of benzene rings is 2. The Morgan fingerprint density at radius 2 is 2.06 bits per heavy atom. The molecule has 2 heterocycles. The van der Waals surface area contributed by atoms with Crippen LogP contribution in [-0.2, 0) is 15.5 Å². The molecule has 0 saturated carbocycles. The van der Waals surface area contributed by atoms with E-state index in [2.05, 4.69) is 18.2 Å². The zero-order valence-electron chi connectivity index (χ0n) is 17.9. The van der Waals surface area contributed by atoms with Gasteiger partial charge in [-0.3, -0.25) is 9.59 Å². The van der Waals surface area contributed by atoms with E-state index in [1.54, 1.807) is 30.5 Å². The van der Waals surface area contributed by atoms with Crippen LogP contribution >= 0.6 is 47.4 Å². The van der Waals surface area contributed by atoms with Crippen molar-refractivity contribution in [3.05, 3.63) is 73.9 Å². The number of nitrogens with zero attached hydrogens (tertiary/aromatic N) is 1. The van der Waals surface area contributed by atoms with Crippen LogP contribution in [-0.4, -0.2) is 29.3 Å². The monoisotopic (exact) mass is 535 g/mol. The summed E-state index contributed by atoms with van der Waals surface area (Å²) in [5.41, 5.74) is 2.61. The molecule has 4 rings (SSSR count). The van der Waals surface area contributed by atoms with E-state index in [1.807, 2.05) is 23.6 Å². The van der Waals surface area contributed by atoms with Gasteiger partial charge in [-0.2, -0.15) is 4.28 Å². The predicted molar refractivity (Wildman–Crippen MR) is 138 cm³/mol. The smallest absolute Gasteiger partial charge is 0.271 e. The number of carbonyl (C=O) groups is 2. The van der Waals surface area contributed by atoms with Gasteiger partial charge in [-0.25, -0.2) is 0 Å². The van der Waals surface area contributed by atoms with Crippen LogP contribution in [0.15, 0.2) is 47.8 Å². The fourth-order valence-electron chi connectivity index (χ4n) is 3.58. The van der Waals surface area contributed by atoms with E-state index in [0.717, 1.165) is 17.0 Å². The lowest BCUT2D eigenvalue weighted by Crippen LogP contribution is -2.18. The summed E-state index contributed by atoms with van der Waals surface area (Å²) in [7, 11) is 0. The van der Waals surface area contributed by atoms with Gasteiger partial charge >= 0.3 is 0 Å². The second-order valence-corrected chi connectivity index (χ2v) is 9.41. The Labute approximate surface area is 216 Å². The summed E-state index contributed by atoms with van der Waals surface area (Å²) in [6.07, 6.45) is 4.24. The number of unbranched alkanes of at least 4 members (excludes halogenated alkanes) is 1. The molecule has 2 aromatic carbocycles. The maximum absolute atomic E-state index is 13.1. The number of carbonyl (C=O) groups excluding carboxylic acids is 2. The zero-order valence-corrected chi connectivity index (χ0v) is 21.1. The Balaban J connectivity index is 1.43. The van der Waals surface area contributed by atoms with Crippen LogP contribution in [0.25, 0.3) is 0 Å². The normalized spacial score (nSPS) is 13.3. The lowest BCUT2D eigenvalue weighted by atomic mass is 10.0. The number of fused-ring (bicyclic) bond motifs is 1. The van der Waals surface area contributed by atoms with Crippen molar-refractivity contribution in [3.8, 4) is 5.75 Å². The first-order chi connectivity index (χ1) is 16.5. The minimum absolute atomic E-state index is 0.0369. The van der Waals surface area contributed by atoms with Gasteiger partial charge < -0.3 is 10.1 Å². The second kappa shape index (κ2) is 11.3. The molecule has 3 aromatic rings. The van der Waals surface area contributed by atoms with E-state index in [9.17, 15) is 9.59 Å². The number of aryl methyl sites for hydroxylation is 1.